The molecule has 1 fully saturated rings. The van der Waals surface area contributed by atoms with E-state index in [1.165, 1.54) is 24.3 Å². The van der Waals surface area contributed by atoms with Crippen molar-refractivity contribution in [3.63, 3.8) is 0 Å². The number of likely N-dealkylation sites (tertiary alicyclic amines) is 1. The van der Waals surface area contributed by atoms with Crippen molar-refractivity contribution in [3.05, 3.63) is 71.3 Å². The van der Waals surface area contributed by atoms with Gasteiger partial charge in [-0.2, -0.15) is 0 Å². The van der Waals surface area contributed by atoms with Crippen LogP contribution >= 0.6 is 0 Å². The van der Waals surface area contributed by atoms with Crippen LogP contribution in [0.2, 0.25) is 0 Å². The predicted molar refractivity (Wildman–Crippen MR) is 106 cm³/mol. The van der Waals surface area contributed by atoms with E-state index in [9.17, 15) is 18.7 Å². The summed E-state index contributed by atoms with van der Waals surface area (Å²) in [4.78, 5) is 13.8. The van der Waals surface area contributed by atoms with E-state index >= 15 is 0 Å². The van der Waals surface area contributed by atoms with Crippen LogP contribution in [0.15, 0.2) is 48.5 Å². The summed E-state index contributed by atoms with van der Waals surface area (Å²) in [5.74, 6) is -1.06. The summed E-state index contributed by atoms with van der Waals surface area (Å²) < 4.78 is 31.9. The summed E-state index contributed by atoms with van der Waals surface area (Å²) >= 11 is 0. The number of halogens is 2. The van der Waals surface area contributed by atoms with Crippen molar-refractivity contribution in [1.29, 1.82) is 0 Å². The maximum Gasteiger partial charge on any atom is 0.307 e. The molecule has 2 aromatic carbocycles. The number of piperidine rings is 1. The van der Waals surface area contributed by atoms with Crippen LogP contribution in [0.25, 0.3) is 0 Å². The number of hydrogen-bond acceptors (Lipinski definition) is 4. The number of esters is 1. The molecule has 1 aliphatic rings. The number of hydrogen-bond donors (Lipinski definition) is 1. The predicted octanol–water partition coefficient (Wildman–Crippen LogP) is 3.87. The van der Waals surface area contributed by atoms with Gasteiger partial charge in [-0.3, -0.25) is 4.79 Å². The lowest BCUT2D eigenvalue weighted by Gasteiger charge is -2.42. The molecule has 3 rings (SSSR count). The van der Waals surface area contributed by atoms with Crippen molar-refractivity contribution in [3.8, 4) is 0 Å². The van der Waals surface area contributed by atoms with Crippen LogP contribution in [-0.2, 0) is 15.1 Å². The molecule has 0 bridgehead atoms. The summed E-state index contributed by atoms with van der Waals surface area (Å²) in [6.07, 6.45) is 1.75. The van der Waals surface area contributed by atoms with Gasteiger partial charge in [0.15, 0.2) is 0 Å². The van der Waals surface area contributed by atoms with Gasteiger partial charge in [0.05, 0.1) is 13.0 Å². The number of nitrogens with zero attached hydrogens (tertiary/aromatic N) is 1. The molecule has 0 radical (unpaired) electrons. The molecule has 6 heteroatoms. The molecule has 1 aliphatic heterocycles. The number of rotatable bonds is 7. The second-order valence-corrected chi connectivity index (χ2v) is 7.45. The standard InChI is InChI=1S/C23H27F2NO3/c1-2-29-22(27)13-16-26-14-11-19(12-15-26)23(28,17-3-7-20(24)8-4-17)18-5-9-21(25)10-6-18/h3-10,19,28H,2,11-16H2,1H3. The Morgan fingerprint density at radius 1 is 1.03 bits per heavy atom. The Bertz CT molecular complexity index is 754. The second-order valence-electron chi connectivity index (χ2n) is 7.45. The first-order valence-corrected chi connectivity index (χ1v) is 10.1. The molecule has 0 aromatic heterocycles. The van der Waals surface area contributed by atoms with Crippen LogP contribution in [0.5, 0.6) is 0 Å². The van der Waals surface area contributed by atoms with Gasteiger partial charge in [0, 0.05) is 6.54 Å². The zero-order valence-corrected chi connectivity index (χ0v) is 16.6. The maximum atomic E-state index is 13.5. The minimum Gasteiger partial charge on any atom is -0.466 e. The van der Waals surface area contributed by atoms with E-state index in [2.05, 4.69) is 4.90 Å². The van der Waals surface area contributed by atoms with Crippen molar-refractivity contribution >= 4 is 5.97 Å². The third-order valence-corrected chi connectivity index (χ3v) is 5.68. The molecule has 1 N–H and O–H groups in total. The molecule has 0 saturated carbocycles. The molecule has 29 heavy (non-hydrogen) atoms. The molecule has 0 aliphatic carbocycles. The molecular weight excluding hydrogens is 376 g/mol. The van der Waals surface area contributed by atoms with Gasteiger partial charge >= 0.3 is 5.97 Å². The highest BCUT2D eigenvalue weighted by Gasteiger charge is 2.41. The summed E-state index contributed by atoms with van der Waals surface area (Å²) in [5.41, 5.74) is -0.153. The summed E-state index contributed by atoms with van der Waals surface area (Å²) in [6.45, 7) is 4.25. The first kappa shape index (κ1) is 21.4. The quantitative estimate of drug-likeness (QED) is 0.713. The smallest absolute Gasteiger partial charge is 0.307 e. The van der Waals surface area contributed by atoms with Crippen LogP contribution in [0.4, 0.5) is 8.78 Å². The van der Waals surface area contributed by atoms with E-state index < -0.39 is 5.60 Å². The first-order chi connectivity index (χ1) is 13.9. The molecule has 1 heterocycles. The zero-order chi connectivity index (χ0) is 20.9. The number of ether oxygens (including phenoxy) is 1. The van der Waals surface area contributed by atoms with Crippen LogP contribution in [0.3, 0.4) is 0 Å². The zero-order valence-electron chi connectivity index (χ0n) is 16.6. The molecule has 0 atom stereocenters. The molecule has 0 unspecified atom stereocenters. The average molecular weight is 403 g/mol. The van der Waals surface area contributed by atoms with Crippen molar-refractivity contribution in [2.75, 3.05) is 26.2 Å². The number of aliphatic hydroxyl groups is 1. The fourth-order valence-electron chi connectivity index (χ4n) is 4.10. The van der Waals surface area contributed by atoms with E-state index in [0.29, 0.717) is 43.5 Å². The third kappa shape index (κ3) is 5.00. The fraction of sp³-hybridized carbons (Fsp3) is 0.435. The Morgan fingerprint density at radius 3 is 1.97 bits per heavy atom. The van der Waals surface area contributed by atoms with Gasteiger partial charge < -0.3 is 14.7 Å². The highest BCUT2D eigenvalue weighted by atomic mass is 19.1. The summed E-state index contributed by atoms with van der Waals surface area (Å²) in [6, 6.07) is 11.7. The van der Waals surface area contributed by atoms with Crippen LogP contribution in [-0.4, -0.2) is 42.2 Å². The Hall–Kier alpha value is -2.31. The van der Waals surface area contributed by atoms with Crippen LogP contribution < -0.4 is 0 Å². The van der Waals surface area contributed by atoms with E-state index in [1.54, 1.807) is 31.2 Å². The Kier molecular flexibility index (Phi) is 6.98. The first-order valence-electron chi connectivity index (χ1n) is 10.1. The van der Waals surface area contributed by atoms with Crippen LogP contribution in [0, 0.1) is 17.6 Å². The highest BCUT2D eigenvalue weighted by molar-refractivity contribution is 5.69. The molecule has 0 spiro atoms. The molecule has 1 saturated heterocycles. The largest absolute Gasteiger partial charge is 0.466 e. The van der Waals surface area contributed by atoms with Crippen molar-refractivity contribution in [2.24, 2.45) is 5.92 Å². The van der Waals surface area contributed by atoms with E-state index in [4.69, 9.17) is 4.74 Å². The lowest BCUT2D eigenvalue weighted by Crippen LogP contribution is -2.44. The number of benzene rings is 2. The summed E-state index contributed by atoms with van der Waals surface area (Å²) in [5, 5.41) is 11.8. The van der Waals surface area contributed by atoms with Crippen LogP contribution in [0.1, 0.15) is 37.3 Å². The Morgan fingerprint density at radius 2 is 1.52 bits per heavy atom. The minimum absolute atomic E-state index is 0.114. The van der Waals surface area contributed by atoms with Gasteiger partial charge in [-0.05, 0) is 74.2 Å². The van der Waals surface area contributed by atoms with Gasteiger partial charge in [0.2, 0.25) is 0 Å². The van der Waals surface area contributed by atoms with Gasteiger partial charge in [0.1, 0.15) is 17.2 Å². The van der Waals surface area contributed by atoms with Gasteiger partial charge in [-0.1, -0.05) is 24.3 Å². The highest BCUT2D eigenvalue weighted by Crippen LogP contribution is 2.42. The Labute approximate surface area is 170 Å². The minimum atomic E-state index is -1.34. The molecule has 2 aromatic rings. The Balaban J connectivity index is 1.77. The van der Waals surface area contributed by atoms with Gasteiger partial charge in [0.25, 0.3) is 0 Å². The van der Waals surface area contributed by atoms with E-state index in [-0.39, 0.29) is 23.5 Å². The topological polar surface area (TPSA) is 49.8 Å². The number of carbonyl (C=O) groups is 1. The average Bonchev–Trinajstić information content (AvgIpc) is 2.73. The normalized spacial score (nSPS) is 16.0. The van der Waals surface area contributed by atoms with E-state index in [1.807, 2.05) is 0 Å². The molecular formula is C23H27F2NO3. The van der Waals surface area contributed by atoms with Crippen molar-refractivity contribution in [2.45, 2.75) is 31.8 Å². The summed E-state index contributed by atoms with van der Waals surface area (Å²) in [7, 11) is 0. The molecule has 4 nitrogen and oxygen atoms in total. The lowest BCUT2D eigenvalue weighted by molar-refractivity contribution is -0.143. The van der Waals surface area contributed by atoms with Crippen molar-refractivity contribution < 1.29 is 23.4 Å². The fourth-order valence-corrected chi connectivity index (χ4v) is 4.10. The third-order valence-electron chi connectivity index (χ3n) is 5.68. The van der Waals surface area contributed by atoms with E-state index in [0.717, 1.165) is 13.1 Å². The SMILES string of the molecule is CCOC(=O)CCN1CCC(C(O)(c2ccc(F)cc2)c2ccc(F)cc2)CC1. The molecule has 156 valence electrons. The maximum absolute atomic E-state index is 13.5. The number of carbonyl (C=O) groups excluding carboxylic acids is 1. The van der Waals surface area contributed by atoms with Gasteiger partial charge in [-0.15, -0.1) is 0 Å². The second kappa shape index (κ2) is 9.46. The van der Waals surface area contributed by atoms with Crippen molar-refractivity contribution in [1.82, 2.24) is 4.90 Å². The monoisotopic (exact) mass is 403 g/mol. The molecule has 0 amide bonds. The van der Waals surface area contributed by atoms with Gasteiger partial charge in [-0.25, -0.2) is 8.78 Å². The lowest BCUT2D eigenvalue weighted by atomic mass is 9.72.